The Morgan fingerprint density at radius 3 is 2.57 bits per heavy atom. The molecule has 0 saturated heterocycles. The lowest BCUT2D eigenvalue weighted by atomic mass is 10.1. The van der Waals surface area contributed by atoms with Crippen LogP contribution in [0.1, 0.15) is 18.1 Å². The van der Waals surface area contributed by atoms with E-state index >= 15 is 0 Å². The summed E-state index contributed by atoms with van der Waals surface area (Å²) in [5.41, 5.74) is 3.16. The molecular formula is C12H14N2. The van der Waals surface area contributed by atoms with E-state index in [9.17, 15) is 0 Å². The fourth-order valence-electron chi connectivity index (χ4n) is 1.22. The topological polar surface area (TPSA) is 35.8 Å². The van der Waals surface area contributed by atoms with E-state index in [4.69, 9.17) is 5.26 Å². The summed E-state index contributed by atoms with van der Waals surface area (Å²) in [6.07, 6.45) is 1.54. The second-order valence-electron chi connectivity index (χ2n) is 3.08. The van der Waals surface area contributed by atoms with Crippen molar-refractivity contribution in [1.29, 1.82) is 5.26 Å². The van der Waals surface area contributed by atoms with Gasteiger partial charge in [0.25, 0.3) is 0 Å². The van der Waals surface area contributed by atoms with Gasteiger partial charge < -0.3 is 5.32 Å². The Hall–Kier alpha value is -1.75. The van der Waals surface area contributed by atoms with Gasteiger partial charge >= 0.3 is 0 Å². The van der Waals surface area contributed by atoms with Crippen LogP contribution in [0.15, 0.2) is 30.3 Å². The van der Waals surface area contributed by atoms with Crippen LogP contribution in [-0.4, -0.2) is 6.54 Å². The zero-order valence-corrected chi connectivity index (χ0v) is 8.54. The predicted molar refractivity (Wildman–Crippen MR) is 58.4 cm³/mol. The first-order valence-electron chi connectivity index (χ1n) is 4.68. The highest BCUT2D eigenvalue weighted by Gasteiger charge is 1.98. The Morgan fingerprint density at radius 2 is 2.07 bits per heavy atom. The molecule has 0 unspecified atom stereocenters. The first-order valence-corrected chi connectivity index (χ1v) is 4.68. The average molecular weight is 186 g/mol. The molecule has 1 rings (SSSR count). The van der Waals surface area contributed by atoms with E-state index in [1.807, 2.05) is 44.2 Å². The van der Waals surface area contributed by atoms with Gasteiger partial charge in [0.1, 0.15) is 0 Å². The molecule has 0 fully saturated rings. The number of hydrogen-bond donors (Lipinski definition) is 1. The predicted octanol–water partition coefficient (Wildman–Crippen LogP) is 2.47. The maximum Gasteiger partial charge on any atom is 0.0933 e. The zero-order chi connectivity index (χ0) is 10.4. The lowest BCUT2D eigenvalue weighted by molar-refractivity contribution is 0.940. The SMILES string of the molecule is CCN/C(=C\C#N)c1ccc(C)cc1. The summed E-state index contributed by atoms with van der Waals surface area (Å²) in [6, 6.07) is 10.2. The highest BCUT2D eigenvalue weighted by Crippen LogP contribution is 2.11. The monoisotopic (exact) mass is 186 g/mol. The van der Waals surface area contributed by atoms with Crippen molar-refractivity contribution < 1.29 is 0 Å². The highest BCUT2D eigenvalue weighted by atomic mass is 14.9. The second-order valence-corrected chi connectivity index (χ2v) is 3.08. The number of nitrogens with zero attached hydrogens (tertiary/aromatic N) is 1. The van der Waals surface area contributed by atoms with E-state index < -0.39 is 0 Å². The normalized spacial score (nSPS) is 10.8. The molecule has 0 aliphatic heterocycles. The molecule has 0 aliphatic rings. The maximum atomic E-state index is 8.61. The molecular weight excluding hydrogens is 172 g/mol. The van der Waals surface area contributed by atoms with Crippen LogP contribution in [-0.2, 0) is 0 Å². The van der Waals surface area contributed by atoms with E-state index in [0.29, 0.717) is 0 Å². The van der Waals surface area contributed by atoms with Crippen LogP contribution < -0.4 is 5.32 Å². The van der Waals surface area contributed by atoms with Gasteiger partial charge in [-0.2, -0.15) is 5.26 Å². The lowest BCUT2D eigenvalue weighted by Crippen LogP contribution is -2.10. The van der Waals surface area contributed by atoms with Crippen LogP contribution in [0.4, 0.5) is 0 Å². The fraction of sp³-hybridized carbons (Fsp3) is 0.250. The van der Waals surface area contributed by atoms with Crippen LogP contribution in [0.3, 0.4) is 0 Å². The van der Waals surface area contributed by atoms with Gasteiger partial charge in [0.2, 0.25) is 0 Å². The minimum absolute atomic E-state index is 0.821. The number of benzene rings is 1. The van der Waals surface area contributed by atoms with Gasteiger partial charge in [-0.3, -0.25) is 0 Å². The number of rotatable bonds is 3. The molecule has 2 nitrogen and oxygen atoms in total. The fourth-order valence-corrected chi connectivity index (χ4v) is 1.22. The van der Waals surface area contributed by atoms with Gasteiger partial charge in [-0.1, -0.05) is 29.8 Å². The Morgan fingerprint density at radius 1 is 1.43 bits per heavy atom. The zero-order valence-electron chi connectivity index (χ0n) is 8.54. The van der Waals surface area contributed by atoms with Crippen molar-refractivity contribution in [2.75, 3.05) is 6.54 Å². The number of allylic oxidation sites excluding steroid dienone is 1. The molecule has 0 aliphatic carbocycles. The average Bonchev–Trinajstić information content (AvgIpc) is 2.19. The summed E-state index contributed by atoms with van der Waals surface area (Å²) in [6.45, 7) is 4.88. The van der Waals surface area contributed by atoms with Gasteiger partial charge in [-0.25, -0.2) is 0 Å². The highest BCUT2D eigenvalue weighted by molar-refractivity contribution is 5.66. The quantitative estimate of drug-likeness (QED) is 0.736. The maximum absolute atomic E-state index is 8.61. The molecule has 0 amide bonds. The number of nitrogens with one attached hydrogen (secondary N) is 1. The molecule has 0 atom stereocenters. The van der Waals surface area contributed by atoms with Crippen molar-refractivity contribution >= 4 is 5.70 Å². The molecule has 0 radical (unpaired) electrons. The molecule has 14 heavy (non-hydrogen) atoms. The second kappa shape index (κ2) is 5.08. The molecule has 0 spiro atoms. The van der Waals surface area contributed by atoms with E-state index in [2.05, 4.69) is 5.32 Å². The van der Waals surface area contributed by atoms with E-state index in [1.54, 1.807) is 0 Å². The third-order valence-corrected chi connectivity index (χ3v) is 1.94. The third-order valence-electron chi connectivity index (χ3n) is 1.94. The van der Waals surface area contributed by atoms with Crippen LogP contribution in [0.25, 0.3) is 5.70 Å². The van der Waals surface area contributed by atoms with Crippen LogP contribution in [0.5, 0.6) is 0 Å². The first-order chi connectivity index (χ1) is 6.77. The summed E-state index contributed by atoms with van der Waals surface area (Å²) in [5.74, 6) is 0. The summed E-state index contributed by atoms with van der Waals surface area (Å²) in [7, 11) is 0. The van der Waals surface area contributed by atoms with Gasteiger partial charge in [-0.15, -0.1) is 0 Å². The van der Waals surface area contributed by atoms with Gasteiger partial charge in [-0.05, 0) is 19.4 Å². The van der Waals surface area contributed by atoms with Crippen molar-refractivity contribution in [3.8, 4) is 6.07 Å². The third kappa shape index (κ3) is 2.63. The van der Waals surface area contributed by atoms with Crippen molar-refractivity contribution in [2.24, 2.45) is 0 Å². The summed E-state index contributed by atoms with van der Waals surface area (Å²) >= 11 is 0. The Bertz CT molecular complexity index is 355. The number of nitriles is 1. The molecule has 72 valence electrons. The van der Waals surface area contributed by atoms with E-state index in [0.717, 1.165) is 17.8 Å². The number of aryl methyl sites for hydroxylation is 1. The van der Waals surface area contributed by atoms with Crippen molar-refractivity contribution in [2.45, 2.75) is 13.8 Å². The molecule has 1 aromatic carbocycles. The molecule has 0 heterocycles. The van der Waals surface area contributed by atoms with Crippen molar-refractivity contribution in [1.82, 2.24) is 5.32 Å². The largest absolute Gasteiger partial charge is 0.384 e. The Labute approximate surface area is 84.9 Å². The molecule has 0 bridgehead atoms. The van der Waals surface area contributed by atoms with Crippen LogP contribution in [0.2, 0.25) is 0 Å². The lowest BCUT2D eigenvalue weighted by Gasteiger charge is -2.07. The Balaban J connectivity index is 2.95. The molecule has 1 N–H and O–H groups in total. The summed E-state index contributed by atoms with van der Waals surface area (Å²) < 4.78 is 0. The molecule has 1 aromatic rings. The van der Waals surface area contributed by atoms with Crippen molar-refractivity contribution in [3.63, 3.8) is 0 Å². The van der Waals surface area contributed by atoms with Gasteiger partial charge in [0.05, 0.1) is 11.8 Å². The molecule has 2 heteroatoms. The molecule has 0 aromatic heterocycles. The van der Waals surface area contributed by atoms with E-state index in [1.165, 1.54) is 11.6 Å². The Kier molecular flexibility index (Phi) is 3.75. The van der Waals surface area contributed by atoms with Crippen LogP contribution in [0, 0.1) is 18.3 Å². The van der Waals surface area contributed by atoms with Crippen LogP contribution >= 0.6 is 0 Å². The van der Waals surface area contributed by atoms with Crippen molar-refractivity contribution in [3.05, 3.63) is 41.5 Å². The molecule has 0 saturated carbocycles. The first kappa shape index (κ1) is 10.3. The van der Waals surface area contributed by atoms with Gasteiger partial charge in [0.15, 0.2) is 0 Å². The summed E-state index contributed by atoms with van der Waals surface area (Å²) in [5, 5.41) is 11.8. The standard InChI is InChI=1S/C12H14N2/c1-3-14-12(8-9-13)11-6-4-10(2)5-7-11/h4-8,14H,3H2,1-2H3/b12-8-. The minimum Gasteiger partial charge on any atom is -0.384 e. The van der Waals surface area contributed by atoms with E-state index in [-0.39, 0.29) is 0 Å². The van der Waals surface area contributed by atoms with Gasteiger partial charge in [0, 0.05) is 12.6 Å². The summed E-state index contributed by atoms with van der Waals surface area (Å²) in [4.78, 5) is 0. The smallest absolute Gasteiger partial charge is 0.0933 e. The number of hydrogen-bond acceptors (Lipinski definition) is 2. The minimum atomic E-state index is 0.821.